The molecule has 0 aliphatic rings. The monoisotopic (exact) mass is 432 g/mol. The van der Waals surface area contributed by atoms with E-state index in [4.69, 9.17) is 0 Å². The zero-order chi connectivity index (χ0) is 22.4. The number of anilines is 2. The van der Waals surface area contributed by atoms with Gasteiger partial charge in [0.1, 0.15) is 11.6 Å². The lowest BCUT2D eigenvalue weighted by Gasteiger charge is -2.15. The lowest BCUT2D eigenvalue weighted by Crippen LogP contribution is -2.21. The van der Waals surface area contributed by atoms with E-state index in [1.54, 1.807) is 19.1 Å². The van der Waals surface area contributed by atoms with Crippen molar-refractivity contribution < 1.29 is 23.0 Å². The zero-order valence-corrected chi connectivity index (χ0v) is 17.1. The minimum atomic E-state index is -4.78. The van der Waals surface area contributed by atoms with Gasteiger partial charge in [-0.2, -0.15) is 4.98 Å². The van der Waals surface area contributed by atoms with Crippen molar-refractivity contribution in [3.63, 3.8) is 0 Å². The second-order valence-corrected chi connectivity index (χ2v) is 7.11. The van der Waals surface area contributed by atoms with E-state index < -0.39 is 6.36 Å². The Hall–Kier alpha value is -3.33. The summed E-state index contributed by atoms with van der Waals surface area (Å²) < 4.78 is 41.8. The van der Waals surface area contributed by atoms with Crippen LogP contribution in [0.15, 0.2) is 54.6 Å². The van der Waals surface area contributed by atoms with E-state index in [2.05, 4.69) is 25.3 Å². The second kappa shape index (κ2) is 9.65. The Kier molecular flexibility index (Phi) is 6.96. The third-order valence-electron chi connectivity index (χ3n) is 4.30. The van der Waals surface area contributed by atoms with Crippen LogP contribution in [-0.2, 0) is 6.54 Å². The van der Waals surface area contributed by atoms with Gasteiger partial charge < -0.3 is 20.5 Å². The van der Waals surface area contributed by atoms with Gasteiger partial charge in [0.15, 0.2) is 0 Å². The Bertz CT molecular complexity index is 1030. The SMILES string of the molecule is Cc1cccc(CNc2cc(-c3cccc(OC(F)(F)F)c3)nc(N[C@H](C)CO)n2)c1. The average molecular weight is 432 g/mol. The van der Waals surface area contributed by atoms with Crippen molar-refractivity contribution in [2.45, 2.75) is 32.8 Å². The first-order chi connectivity index (χ1) is 14.7. The van der Waals surface area contributed by atoms with Crippen molar-refractivity contribution in [1.29, 1.82) is 0 Å². The van der Waals surface area contributed by atoms with E-state index in [-0.39, 0.29) is 24.3 Å². The molecule has 1 aromatic heterocycles. The largest absolute Gasteiger partial charge is 0.573 e. The van der Waals surface area contributed by atoms with Gasteiger partial charge in [-0.05, 0) is 31.5 Å². The van der Waals surface area contributed by atoms with Crippen LogP contribution in [0.5, 0.6) is 5.75 Å². The molecule has 0 saturated carbocycles. The maximum Gasteiger partial charge on any atom is 0.573 e. The lowest BCUT2D eigenvalue weighted by atomic mass is 10.1. The number of halogens is 3. The molecule has 0 bridgehead atoms. The summed E-state index contributed by atoms with van der Waals surface area (Å²) in [5.41, 5.74) is 3.02. The summed E-state index contributed by atoms with van der Waals surface area (Å²) in [6.07, 6.45) is -4.78. The molecule has 0 fully saturated rings. The molecule has 31 heavy (non-hydrogen) atoms. The molecule has 0 unspecified atom stereocenters. The number of aromatic nitrogens is 2. The zero-order valence-electron chi connectivity index (χ0n) is 17.1. The van der Waals surface area contributed by atoms with Gasteiger partial charge in [0.25, 0.3) is 0 Å². The number of aliphatic hydroxyl groups excluding tert-OH is 1. The van der Waals surface area contributed by atoms with E-state index >= 15 is 0 Å². The summed E-state index contributed by atoms with van der Waals surface area (Å²) in [7, 11) is 0. The van der Waals surface area contributed by atoms with Gasteiger partial charge in [-0.1, -0.05) is 42.0 Å². The normalized spacial score (nSPS) is 12.3. The van der Waals surface area contributed by atoms with E-state index in [9.17, 15) is 18.3 Å². The Morgan fingerprint density at radius 3 is 2.55 bits per heavy atom. The van der Waals surface area contributed by atoms with Gasteiger partial charge in [-0.3, -0.25) is 0 Å². The fourth-order valence-corrected chi connectivity index (χ4v) is 2.88. The minimum absolute atomic E-state index is 0.130. The van der Waals surface area contributed by atoms with Crippen LogP contribution in [0, 0.1) is 6.92 Å². The lowest BCUT2D eigenvalue weighted by molar-refractivity contribution is -0.274. The molecule has 3 rings (SSSR count). The number of aliphatic hydroxyl groups is 1. The molecule has 3 N–H and O–H groups in total. The smallest absolute Gasteiger partial charge is 0.406 e. The third-order valence-corrected chi connectivity index (χ3v) is 4.30. The number of hydrogen-bond donors (Lipinski definition) is 3. The fraction of sp³-hybridized carbons (Fsp3) is 0.273. The van der Waals surface area contributed by atoms with Gasteiger partial charge in [0, 0.05) is 24.2 Å². The molecule has 1 atom stereocenters. The van der Waals surface area contributed by atoms with Gasteiger partial charge in [-0.15, -0.1) is 13.2 Å². The standard InChI is InChI=1S/C22H23F3N4O2/c1-14-5-3-6-16(9-14)12-26-20-11-19(28-21(29-20)27-15(2)13-30)17-7-4-8-18(10-17)31-22(23,24)25/h3-11,15,30H,12-13H2,1-2H3,(H2,26,27,28,29)/t15-/m1/s1. The minimum Gasteiger partial charge on any atom is -0.406 e. The molecule has 164 valence electrons. The number of benzene rings is 2. The summed E-state index contributed by atoms with van der Waals surface area (Å²) in [5, 5.41) is 15.5. The van der Waals surface area contributed by atoms with Gasteiger partial charge in [0.2, 0.25) is 5.95 Å². The van der Waals surface area contributed by atoms with Crippen LogP contribution in [0.2, 0.25) is 0 Å². The molecule has 0 radical (unpaired) electrons. The summed E-state index contributed by atoms with van der Waals surface area (Å²) >= 11 is 0. The van der Waals surface area contributed by atoms with Crippen LogP contribution < -0.4 is 15.4 Å². The predicted octanol–water partition coefficient (Wildman–Crippen LogP) is 4.76. The number of nitrogens with one attached hydrogen (secondary N) is 2. The number of alkyl halides is 3. The van der Waals surface area contributed by atoms with Gasteiger partial charge >= 0.3 is 6.36 Å². The highest BCUT2D eigenvalue weighted by atomic mass is 19.4. The number of nitrogens with zero attached hydrogens (tertiary/aromatic N) is 2. The van der Waals surface area contributed by atoms with Crippen molar-refractivity contribution in [1.82, 2.24) is 9.97 Å². The summed E-state index contributed by atoms with van der Waals surface area (Å²) in [5.74, 6) is 0.394. The molecular weight excluding hydrogens is 409 g/mol. The van der Waals surface area contributed by atoms with Crippen LogP contribution in [0.25, 0.3) is 11.3 Å². The summed E-state index contributed by atoms with van der Waals surface area (Å²) in [6, 6.07) is 14.9. The number of ether oxygens (including phenoxy) is 1. The Balaban J connectivity index is 1.90. The molecule has 3 aromatic rings. The molecule has 9 heteroatoms. The Labute approximate surface area is 178 Å². The number of hydrogen-bond acceptors (Lipinski definition) is 6. The first kappa shape index (κ1) is 22.4. The first-order valence-electron chi connectivity index (χ1n) is 9.64. The van der Waals surface area contributed by atoms with Crippen LogP contribution in [0.3, 0.4) is 0 Å². The number of rotatable bonds is 8. The third kappa shape index (κ3) is 6.85. The van der Waals surface area contributed by atoms with Crippen molar-refractivity contribution in [2.75, 3.05) is 17.2 Å². The highest BCUT2D eigenvalue weighted by Crippen LogP contribution is 2.28. The average Bonchev–Trinajstić information content (AvgIpc) is 2.71. The number of aryl methyl sites for hydroxylation is 1. The Morgan fingerprint density at radius 2 is 1.84 bits per heavy atom. The van der Waals surface area contributed by atoms with Crippen molar-refractivity contribution in [3.05, 3.63) is 65.7 Å². The van der Waals surface area contributed by atoms with Crippen LogP contribution in [-0.4, -0.2) is 34.1 Å². The van der Waals surface area contributed by atoms with E-state index in [0.29, 0.717) is 23.6 Å². The molecule has 6 nitrogen and oxygen atoms in total. The molecule has 0 aliphatic carbocycles. The first-order valence-corrected chi connectivity index (χ1v) is 9.64. The Morgan fingerprint density at radius 1 is 1.06 bits per heavy atom. The van der Waals surface area contributed by atoms with Crippen molar-refractivity contribution in [3.8, 4) is 17.0 Å². The van der Waals surface area contributed by atoms with E-state index in [1.807, 2.05) is 31.2 Å². The highest BCUT2D eigenvalue weighted by molar-refractivity contribution is 5.66. The molecule has 0 amide bonds. The van der Waals surface area contributed by atoms with E-state index in [0.717, 1.165) is 11.1 Å². The van der Waals surface area contributed by atoms with Crippen molar-refractivity contribution >= 4 is 11.8 Å². The maximum atomic E-state index is 12.6. The molecule has 0 aliphatic heterocycles. The molecular formula is C22H23F3N4O2. The van der Waals surface area contributed by atoms with E-state index in [1.165, 1.54) is 18.2 Å². The summed E-state index contributed by atoms with van der Waals surface area (Å²) in [4.78, 5) is 8.80. The topological polar surface area (TPSA) is 79.3 Å². The summed E-state index contributed by atoms with van der Waals surface area (Å²) in [6.45, 7) is 4.13. The maximum absolute atomic E-state index is 12.6. The second-order valence-electron chi connectivity index (χ2n) is 7.11. The highest BCUT2D eigenvalue weighted by Gasteiger charge is 2.31. The molecule has 0 spiro atoms. The quantitative estimate of drug-likeness (QED) is 0.477. The fourth-order valence-electron chi connectivity index (χ4n) is 2.88. The van der Waals surface area contributed by atoms with Gasteiger partial charge in [-0.25, -0.2) is 4.98 Å². The van der Waals surface area contributed by atoms with Gasteiger partial charge in [0.05, 0.1) is 12.3 Å². The van der Waals surface area contributed by atoms with Crippen LogP contribution in [0.1, 0.15) is 18.1 Å². The van der Waals surface area contributed by atoms with Crippen LogP contribution in [0.4, 0.5) is 24.9 Å². The van der Waals surface area contributed by atoms with Crippen molar-refractivity contribution in [2.24, 2.45) is 0 Å². The predicted molar refractivity (Wildman–Crippen MR) is 113 cm³/mol. The molecule has 0 saturated heterocycles. The molecule has 1 heterocycles. The molecule has 2 aromatic carbocycles. The van der Waals surface area contributed by atoms with Crippen LogP contribution >= 0.6 is 0 Å².